The number of halogens is 1. The van der Waals surface area contributed by atoms with Gasteiger partial charge < -0.3 is 10.4 Å². The maximum atomic E-state index is 12.2. The normalized spacial score (nSPS) is 17.5. The predicted molar refractivity (Wildman–Crippen MR) is 82.6 cm³/mol. The summed E-state index contributed by atoms with van der Waals surface area (Å²) in [4.78, 5) is 12.8. The number of hydrogen-bond acceptors (Lipinski definition) is 3. The highest BCUT2D eigenvalue weighted by Crippen LogP contribution is 2.35. The molecule has 1 aliphatic rings. The van der Waals surface area contributed by atoms with Crippen molar-refractivity contribution in [2.45, 2.75) is 31.3 Å². The molecule has 1 heterocycles. The Kier molecular flexibility index (Phi) is 3.71. The maximum absolute atomic E-state index is 12.2. The number of aliphatic hydroxyl groups is 1. The van der Waals surface area contributed by atoms with E-state index in [1.54, 1.807) is 0 Å². The lowest BCUT2D eigenvalue weighted by atomic mass is 10.0. The fourth-order valence-electron chi connectivity index (χ4n) is 2.70. The fraction of sp³-hybridized carbons (Fsp3) is 0.400. The summed E-state index contributed by atoms with van der Waals surface area (Å²) in [5, 5.41) is 14.5. The van der Waals surface area contributed by atoms with Crippen LogP contribution in [0.5, 0.6) is 0 Å². The van der Waals surface area contributed by atoms with Crippen molar-refractivity contribution in [1.82, 2.24) is 5.32 Å². The fourth-order valence-corrected chi connectivity index (χ4v) is 4.13. The number of hydrogen-bond donors (Lipinski definition) is 2. The minimum Gasteiger partial charge on any atom is -0.388 e. The van der Waals surface area contributed by atoms with Gasteiger partial charge in [0.15, 0.2) is 0 Å². The van der Waals surface area contributed by atoms with Crippen molar-refractivity contribution in [2.24, 2.45) is 0 Å². The van der Waals surface area contributed by atoms with Crippen LogP contribution in [0.3, 0.4) is 0 Å². The molecule has 0 saturated heterocycles. The van der Waals surface area contributed by atoms with Crippen LogP contribution in [-0.4, -0.2) is 23.2 Å². The van der Waals surface area contributed by atoms with Crippen LogP contribution in [0.1, 0.15) is 35.4 Å². The molecule has 1 aromatic heterocycles. The monoisotopic (exact) mass is 309 g/mol. The van der Waals surface area contributed by atoms with Gasteiger partial charge >= 0.3 is 0 Å². The van der Waals surface area contributed by atoms with Gasteiger partial charge in [0.05, 0.1) is 10.6 Å². The van der Waals surface area contributed by atoms with Gasteiger partial charge in [0, 0.05) is 16.6 Å². The van der Waals surface area contributed by atoms with E-state index >= 15 is 0 Å². The smallest absolute Gasteiger partial charge is 0.263 e. The van der Waals surface area contributed by atoms with Gasteiger partial charge in [0.2, 0.25) is 0 Å². The quantitative estimate of drug-likeness (QED) is 0.910. The van der Waals surface area contributed by atoms with Gasteiger partial charge in [-0.15, -0.1) is 11.3 Å². The molecule has 0 atom stereocenters. The molecular formula is C15H16ClNO2S. The molecule has 1 fully saturated rings. The molecule has 3 nitrogen and oxygen atoms in total. The van der Waals surface area contributed by atoms with Crippen molar-refractivity contribution in [3.63, 3.8) is 0 Å². The van der Waals surface area contributed by atoms with Crippen LogP contribution in [0, 0.1) is 0 Å². The highest BCUT2D eigenvalue weighted by Gasteiger charge is 2.31. The maximum Gasteiger partial charge on any atom is 0.263 e. The lowest BCUT2D eigenvalue weighted by Crippen LogP contribution is -2.40. The number of thiophene rings is 1. The van der Waals surface area contributed by atoms with Crippen molar-refractivity contribution < 1.29 is 9.90 Å². The first-order valence-corrected chi connectivity index (χ1v) is 7.96. The third kappa shape index (κ3) is 2.55. The number of nitrogens with one attached hydrogen (secondary N) is 1. The molecule has 2 aromatic rings. The Morgan fingerprint density at radius 1 is 1.35 bits per heavy atom. The summed E-state index contributed by atoms with van der Waals surface area (Å²) < 4.78 is 1.00. The Labute approximate surface area is 126 Å². The molecule has 0 radical (unpaired) electrons. The number of benzene rings is 1. The van der Waals surface area contributed by atoms with E-state index < -0.39 is 5.60 Å². The second-order valence-electron chi connectivity index (χ2n) is 5.36. The zero-order valence-corrected chi connectivity index (χ0v) is 12.6. The highest BCUT2D eigenvalue weighted by atomic mass is 35.5. The molecule has 2 N–H and O–H groups in total. The molecule has 0 unspecified atom stereocenters. The van der Waals surface area contributed by atoms with Crippen LogP contribution in [-0.2, 0) is 0 Å². The van der Waals surface area contributed by atoms with E-state index in [1.165, 1.54) is 11.3 Å². The van der Waals surface area contributed by atoms with Gasteiger partial charge in [0.25, 0.3) is 5.91 Å². The average Bonchev–Trinajstić information content (AvgIpc) is 3.02. The molecule has 20 heavy (non-hydrogen) atoms. The lowest BCUT2D eigenvalue weighted by molar-refractivity contribution is 0.0450. The molecule has 1 saturated carbocycles. The van der Waals surface area contributed by atoms with Crippen molar-refractivity contribution in [2.75, 3.05) is 6.54 Å². The summed E-state index contributed by atoms with van der Waals surface area (Å²) in [5.74, 6) is -0.198. The van der Waals surface area contributed by atoms with Gasteiger partial charge in [-0.3, -0.25) is 4.79 Å². The van der Waals surface area contributed by atoms with Gasteiger partial charge in [-0.05, 0) is 18.9 Å². The Hall–Kier alpha value is -1.10. The van der Waals surface area contributed by atoms with Gasteiger partial charge in [-0.1, -0.05) is 42.6 Å². The van der Waals surface area contributed by atoms with E-state index in [0.29, 0.717) is 16.4 Å². The van der Waals surface area contributed by atoms with E-state index in [4.69, 9.17) is 11.6 Å². The molecule has 106 valence electrons. The zero-order valence-electron chi connectivity index (χ0n) is 11.0. The molecule has 0 spiro atoms. The predicted octanol–water partition coefficient (Wildman–Crippen LogP) is 3.59. The minimum atomic E-state index is -0.737. The van der Waals surface area contributed by atoms with Crippen molar-refractivity contribution in [3.8, 4) is 0 Å². The molecule has 0 bridgehead atoms. The molecule has 3 rings (SSSR count). The summed E-state index contributed by atoms with van der Waals surface area (Å²) in [6, 6.07) is 7.70. The van der Waals surface area contributed by atoms with E-state index in [9.17, 15) is 9.90 Å². The summed E-state index contributed by atoms with van der Waals surface area (Å²) in [6.07, 6.45) is 3.56. The number of rotatable bonds is 3. The topological polar surface area (TPSA) is 49.3 Å². The van der Waals surface area contributed by atoms with Gasteiger partial charge in [-0.2, -0.15) is 0 Å². The first-order valence-electron chi connectivity index (χ1n) is 6.77. The van der Waals surface area contributed by atoms with Crippen molar-refractivity contribution >= 4 is 38.9 Å². The van der Waals surface area contributed by atoms with Crippen LogP contribution in [0.25, 0.3) is 10.1 Å². The molecule has 0 aliphatic heterocycles. The Morgan fingerprint density at radius 2 is 2.05 bits per heavy atom. The van der Waals surface area contributed by atoms with Gasteiger partial charge in [-0.25, -0.2) is 0 Å². The standard InChI is InChI=1S/C15H16ClNO2S/c16-12-10-5-1-2-6-11(10)20-13(12)14(18)17-9-15(19)7-3-4-8-15/h1-2,5-6,19H,3-4,7-9H2,(H,17,18). The van der Waals surface area contributed by atoms with Crippen LogP contribution >= 0.6 is 22.9 Å². The van der Waals surface area contributed by atoms with Crippen LogP contribution in [0.4, 0.5) is 0 Å². The summed E-state index contributed by atoms with van der Waals surface area (Å²) in [7, 11) is 0. The summed E-state index contributed by atoms with van der Waals surface area (Å²) in [6.45, 7) is 0.302. The average molecular weight is 310 g/mol. The van der Waals surface area contributed by atoms with E-state index in [1.807, 2.05) is 24.3 Å². The Morgan fingerprint density at radius 3 is 2.75 bits per heavy atom. The zero-order chi connectivity index (χ0) is 14.2. The number of fused-ring (bicyclic) bond motifs is 1. The highest BCUT2D eigenvalue weighted by molar-refractivity contribution is 7.21. The largest absolute Gasteiger partial charge is 0.388 e. The van der Waals surface area contributed by atoms with Crippen molar-refractivity contribution in [3.05, 3.63) is 34.2 Å². The SMILES string of the molecule is O=C(NCC1(O)CCCC1)c1sc2ccccc2c1Cl. The van der Waals surface area contributed by atoms with E-state index in [0.717, 1.165) is 35.8 Å². The lowest BCUT2D eigenvalue weighted by Gasteiger charge is -2.22. The number of carbonyl (C=O) groups is 1. The second-order valence-corrected chi connectivity index (χ2v) is 6.79. The Balaban J connectivity index is 1.77. The Bertz CT molecular complexity index is 646. The van der Waals surface area contributed by atoms with E-state index in [2.05, 4.69) is 5.32 Å². The molecule has 1 amide bonds. The minimum absolute atomic E-state index is 0.198. The summed E-state index contributed by atoms with van der Waals surface area (Å²) in [5.41, 5.74) is -0.737. The first-order chi connectivity index (χ1) is 9.59. The molecular weight excluding hydrogens is 294 g/mol. The van der Waals surface area contributed by atoms with Gasteiger partial charge in [0.1, 0.15) is 4.88 Å². The van der Waals surface area contributed by atoms with E-state index in [-0.39, 0.29) is 5.91 Å². The number of carbonyl (C=O) groups excluding carboxylic acids is 1. The second kappa shape index (κ2) is 5.35. The van der Waals surface area contributed by atoms with Crippen LogP contribution < -0.4 is 5.32 Å². The number of amides is 1. The third-order valence-electron chi connectivity index (χ3n) is 3.85. The van der Waals surface area contributed by atoms with Crippen molar-refractivity contribution in [1.29, 1.82) is 0 Å². The third-order valence-corrected chi connectivity index (χ3v) is 5.53. The molecule has 5 heteroatoms. The summed E-state index contributed by atoms with van der Waals surface area (Å²) >= 11 is 7.66. The molecule has 1 aromatic carbocycles. The van der Waals surface area contributed by atoms with Crippen LogP contribution in [0.15, 0.2) is 24.3 Å². The van der Waals surface area contributed by atoms with Crippen LogP contribution in [0.2, 0.25) is 5.02 Å². The first kappa shape index (κ1) is 13.9. The molecule has 1 aliphatic carbocycles.